The summed E-state index contributed by atoms with van der Waals surface area (Å²) < 4.78 is 0. The minimum atomic E-state index is -0.615. The maximum absolute atomic E-state index is 12.1. The van der Waals surface area contributed by atoms with Gasteiger partial charge >= 0.3 is 0 Å². The largest absolute Gasteiger partial charge is 0.318 e. The molecule has 0 aliphatic rings. The molecule has 0 aromatic heterocycles. The molecule has 2 aromatic carbocycles. The van der Waals surface area contributed by atoms with Gasteiger partial charge in [0.1, 0.15) is 0 Å². The molecule has 19 heavy (non-hydrogen) atoms. The Bertz CT molecular complexity index is 584. The zero-order valence-corrected chi connectivity index (χ0v) is 11.7. The van der Waals surface area contributed by atoms with Crippen LogP contribution in [0.25, 0.3) is 0 Å². The molecule has 2 nitrogen and oxygen atoms in total. The summed E-state index contributed by atoms with van der Waals surface area (Å²) in [5.74, 6) is -0.0513. The number of nitrogens with two attached hydrogens (primary N) is 1. The zero-order chi connectivity index (χ0) is 13.8. The van der Waals surface area contributed by atoms with Crippen molar-refractivity contribution >= 4 is 29.0 Å². The average Bonchev–Trinajstić information content (AvgIpc) is 2.43. The lowest BCUT2D eigenvalue weighted by atomic mass is 9.98. The zero-order valence-electron chi connectivity index (χ0n) is 10.1. The van der Waals surface area contributed by atoms with E-state index in [2.05, 4.69) is 0 Å². The number of hydrogen-bond acceptors (Lipinski definition) is 2. The van der Waals surface area contributed by atoms with Gasteiger partial charge in [-0.25, -0.2) is 0 Å². The van der Waals surface area contributed by atoms with Crippen molar-refractivity contribution in [3.63, 3.8) is 0 Å². The molecule has 0 aliphatic heterocycles. The van der Waals surface area contributed by atoms with E-state index in [9.17, 15) is 4.79 Å². The normalized spacial score (nSPS) is 12.2. The van der Waals surface area contributed by atoms with Crippen LogP contribution in [-0.2, 0) is 11.2 Å². The third-order valence-electron chi connectivity index (χ3n) is 2.87. The Kier molecular flexibility index (Phi) is 4.59. The highest BCUT2D eigenvalue weighted by molar-refractivity contribution is 6.42. The van der Waals surface area contributed by atoms with Gasteiger partial charge in [-0.2, -0.15) is 0 Å². The molecule has 0 aliphatic carbocycles. The SMILES string of the molecule is N[C@@H](C(=O)Cc1ccc(Cl)c(Cl)c1)c1ccccc1. The molecule has 4 heteroatoms. The molecular weight excluding hydrogens is 281 g/mol. The Morgan fingerprint density at radius 3 is 2.37 bits per heavy atom. The fraction of sp³-hybridized carbons (Fsp3) is 0.133. The Morgan fingerprint density at radius 1 is 1.05 bits per heavy atom. The van der Waals surface area contributed by atoms with E-state index in [1.54, 1.807) is 18.2 Å². The minimum Gasteiger partial charge on any atom is -0.318 e. The lowest BCUT2D eigenvalue weighted by Crippen LogP contribution is -2.23. The molecule has 98 valence electrons. The molecular formula is C15H13Cl2NO. The van der Waals surface area contributed by atoms with Crippen molar-refractivity contribution in [2.75, 3.05) is 0 Å². The van der Waals surface area contributed by atoms with Crippen molar-refractivity contribution in [1.82, 2.24) is 0 Å². The van der Waals surface area contributed by atoms with Crippen LogP contribution in [0, 0.1) is 0 Å². The Balaban J connectivity index is 2.10. The van der Waals surface area contributed by atoms with Crippen molar-refractivity contribution < 1.29 is 4.79 Å². The van der Waals surface area contributed by atoms with Gasteiger partial charge in [-0.3, -0.25) is 4.79 Å². The average molecular weight is 294 g/mol. The Labute approximate surface area is 122 Å². The van der Waals surface area contributed by atoms with Gasteiger partial charge in [-0.05, 0) is 23.3 Å². The summed E-state index contributed by atoms with van der Waals surface area (Å²) in [6.07, 6.45) is 0.243. The van der Waals surface area contributed by atoms with E-state index < -0.39 is 6.04 Å². The van der Waals surface area contributed by atoms with Crippen LogP contribution in [0.15, 0.2) is 48.5 Å². The molecule has 0 bridgehead atoms. The Morgan fingerprint density at radius 2 is 1.74 bits per heavy atom. The van der Waals surface area contributed by atoms with Crippen LogP contribution in [0.2, 0.25) is 10.0 Å². The van der Waals surface area contributed by atoms with Crippen molar-refractivity contribution in [1.29, 1.82) is 0 Å². The first-order valence-electron chi connectivity index (χ1n) is 5.85. The molecule has 0 saturated heterocycles. The summed E-state index contributed by atoms with van der Waals surface area (Å²) in [5, 5.41) is 0.922. The lowest BCUT2D eigenvalue weighted by molar-refractivity contribution is -0.119. The lowest BCUT2D eigenvalue weighted by Gasteiger charge is -2.11. The number of ketones is 1. The van der Waals surface area contributed by atoms with Gasteiger partial charge < -0.3 is 5.73 Å². The molecule has 0 unspecified atom stereocenters. The highest BCUT2D eigenvalue weighted by atomic mass is 35.5. The van der Waals surface area contributed by atoms with Gasteiger partial charge in [0, 0.05) is 6.42 Å². The van der Waals surface area contributed by atoms with Crippen molar-refractivity contribution in [3.05, 3.63) is 69.7 Å². The van der Waals surface area contributed by atoms with Crippen LogP contribution in [0.4, 0.5) is 0 Å². The summed E-state index contributed by atoms with van der Waals surface area (Å²) in [4.78, 5) is 12.1. The topological polar surface area (TPSA) is 43.1 Å². The van der Waals surface area contributed by atoms with Crippen LogP contribution in [0.5, 0.6) is 0 Å². The number of benzene rings is 2. The molecule has 1 atom stereocenters. The fourth-order valence-electron chi connectivity index (χ4n) is 1.81. The number of Topliss-reactive ketones (excluding diaryl/α,β-unsaturated/α-hetero) is 1. The molecule has 2 aromatic rings. The smallest absolute Gasteiger partial charge is 0.158 e. The van der Waals surface area contributed by atoms with Gasteiger partial charge in [0.25, 0.3) is 0 Å². The maximum Gasteiger partial charge on any atom is 0.158 e. The Hall–Kier alpha value is -1.35. The molecule has 0 amide bonds. The van der Waals surface area contributed by atoms with Crippen LogP contribution in [-0.4, -0.2) is 5.78 Å². The van der Waals surface area contributed by atoms with Crippen LogP contribution in [0.3, 0.4) is 0 Å². The van der Waals surface area contributed by atoms with Gasteiger partial charge in [0.15, 0.2) is 5.78 Å². The first-order valence-corrected chi connectivity index (χ1v) is 6.60. The molecule has 0 fully saturated rings. The summed E-state index contributed by atoms with van der Waals surface area (Å²) in [5.41, 5.74) is 7.57. The summed E-state index contributed by atoms with van der Waals surface area (Å²) in [6, 6.07) is 13.8. The van der Waals surface area contributed by atoms with E-state index in [0.717, 1.165) is 11.1 Å². The summed E-state index contributed by atoms with van der Waals surface area (Å²) in [7, 11) is 0. The minimum absolute atomic E-state index is 0.0513. The van der Waals surface area contributed by atoms with E-state index in [-0.39, 0.29) is 12.2 Å². The van der Waals surface area contributed by atoms with Gasteiger partial charge in [0.2, 0.25) is 0 Å². The third kappa shape index (κ3) is 3.57. The molecule has 0 heterocycles. The molecule has 0 radical (unpaired) electrons. The first kappa shape index (κ1) is 14.1. The van der Waals surface area contributed by atoms with Crippen molar-refractivity contribution in [2.45, 2.75) is 12.5 Å². The standard InChI is InChI=1S/C15H13Cl2NO/c16-12-7-6-10(8-13(12)17)9-14(19)15(18)11-4-2-1-3-5-11/h1-8,15H,9,18H2/t15-/m1/s1. The van der Waals surface area contributed by atoms with Crippen molar-refractivity contribution in [3.8, 4) is 0 Å². The van der Waals surface area contributed by atoms with E-state index in [4.69, 9.17) is 28.9 Å². The monoisotopic (exact) mass is 293 g/mol. The van der Waals surface area contributed by atoms with Gasteiger partial charge in [-0.15, -0.1) is 0 Å². The number of hydrogen-bond donors (Lipinski definition) is 1. The highest BCUT2D eigenvalue weighted by Gasteiger charge is 2.16. The van der Waals surface area contributed by atoms with E-state index in [1.807, 2.05) is 30.3 Å². The van der Waals surface area contributed by atoms with Crippen molar-refractivity contribution in [2.24, 2.45) is 5.73 Å². The second kappa shape index (κ2) is 6.20. The first-order chi connectivity index (χ1) is 9.08. The van der Waals surface area contributed by atoms with E-state index in [1.165, 1.54) is 0 Å². The second-order valence-corrected chi connectivity index (χ2v) is 5.09. The predicted octanol–water partition coefficient (Wildman–Crippen LogP) is 3.81. The predicted molar refractivity (Wildman–Crippen MR) is 78.5 cm³/mol. The third-order valence-corrected chi connectivity index (χ3v) is 3.61. The number of halogens is 2. The molecule has 0 spiro atoms. The van der Waals surface area contributed by atoms with Gasteiger partial charge in [0.05, 0.1) is 16.1 Å². The van der Waals surface area contributed by atoms with Crippen LogP contribution in [0.1, 0.15) is 17.2 Å². The quantitative estimate of drug-likeness (QED) is 0.932. The molecule has 0 saturated carbocycles. The second-order valence-electron chi connectivity index (χ2n) is 4.28. The van der Waals surface area contributed by atoms with Gasteiger partial charge in [-0.1, -0.05) is 59.6 Å². The van der Waals surface area contributed by atoms with Crippen LogP contribution >= 0.6 is 23.2 Å². The maximum atomic E-state index is 12.1. The van der Waals surface area contributed by atoms with E-state index in [0.29, 0.717) is 10.0 Å². The molecule has 2 rings (SSSR count). The number of rotatable bonds is 4. The molecule has 2 N–H and O–H groups in total. The summed E-state index contributed by atoms with van der Waals surface area (Å²) in [6.45, 7) is 0. The summed E-state index contributed by atoms with van der Waals surface area (Å²) >= 11 is 11.8. The fourth-order valence-corrected chi connectivity index (χ4v) is 2.13. The van der Waals surface area contributed by atoms with E-state index >= 15 is 0 Å². The highest BCUT2D eigenvalue weighted by Crippen LogP contribution is 2.23. The number of carbonyl (C=O) groups excluding carboxylic acids is 1. The van der Waals surface area contributed by atoms with Crippen LogP contribution < -0.4 is 5.73 Å². The number of carbonyl (C=O) groups is 1.